The summed E-state index contributed by atoms with van der Waals surface area (Å²) in [6, 6.07) is 11.1. The number of nitrogens with one attached hydrogen (secondary N) is 2. The van der Waals surface area contributed by atoms with Crippen LogP contribution in [-0.2, 0) is 0 Å². The van der Waals surface area contributed by atoms with Crippen molar-refractivity contribution in [3.8, 4) is 0 Å². The minimum atomic E-state index is -0.299. The molecule has 1 amide bonds. The minimum absolute atomic E-state index is 0.207. The molecular formula is C22H21Cl2N5O. The smallest absolute Gasteiger partial charge is 0.251 e. The summed E-state index contributed by atoms with van der Waals surface area (Å²) >= 11 is 12.6. The highest BCUT2D eigenvalue weighted by atomic mass is 35.5. The van der Waals surface area contributed by atoms with Gasteiger partial charge in [0.1, 0.15) is 11.7 Å². The second-order valence-electron chi connectivity index (χ2n) is 7.83. The van der Waals surface area contributed by atoms with Gasteiger partial charge >= 0.3 is 0 Å². The van der Waals surface area contributed by atoms with Crippen molar-refractivity contribution in [2.24, 2.45) is 4.99 Å². The lowest BCUT2D eigenvalue weighted by molar-refractivity contribution is 0.0938. The summed E-state index contributed by atoms with van der Waals surface area (Å²) in [5.41, 5.74) is 3.04. The third-order valence-corrected chi connectivity index (χ3v) is 6.34. The van der Waals surface area contributed by atoms with Crippen molar-refractivity contribution in [3.63, 3.8) is 0 Å². The monoisotopic (exact) mass is 441 g/mol. The topological polar surface area (TPSA) is 73.4 Å². The average molecular weight is 442 g/mol. The van der Waals surface area contributed by atoms with Gasteiger partial charge in [-0.2, -0.15) is 0 Å². The van der Waals surface area contributed by atoms with Gasteiger partial charge in [0.2, 0.25) is 0 Å². The molecule has 2 aromatic carbocycles. The molecule has 0 spiro atoms. The number of hydrogen-bond donors (Lipinski definition) is 2. The van der Waals surface area contributed by atoms with E-state index in [2.05, 4.69) is 25.2 Å². The van der Waals surface area contributed by atoms with Crippen LogP contribution in [-0.4, -0.2) is 45.7 Å². The van der Waals surface area contributed by atoms with Gasteiger partial charge in [-0.25, -0.2) is 4.98 Å². The van der Waals surface area contributed by atoms with E-state index in [9.17, 15) is 4.79 Å². The van der Waals surface area contributed by atoms with E-state index in [-0.39, 0.29) is 11.9 Å². The molecule has 2 atom stereocenters. The quantitative estimate of drug-likeness (QED) is 0.621. The van der Waals surface area contributed by atoms with Gasteiger partial charge in [0.25, 0.3) is 5.91 Å². The van der Waals surface area contributed by atoms with E-state index >= 15 is 0 Å². The van der Waals surface area contributed by atoms with Crippen LogP contribution in [0.5, 0.6) is 0 Å². The van der Waals surface area contributed by atoms with Crippen LogP contribution < -0.4 is 5.32 Å². The first kappa shape index (κ1) is 19.4. The molecule has 1 aromatic heterocycles. The highest BCUT2D eigenvalue weighted by Crippen LogP contribution is 2.29. The molecule has 3 heterocycles. The van der Waals surface area contributed by atoms with Crippen molar-refractivity contribution in [1.29, 1.82) is 0 Å². The van der Waals surface area contributed by atoms with Gasteiger partial charge in [0.05, 0.1) is 34.7 Å². The first-order chi connectivity index (χ1) is 14.5. The SMILES string of the molecule is C[C@H](NC(=O)c1ccc(C2=NCC3CCCN23)c(Cl)c1)c1nc2cc(Cl)ccc2[nH]1. The Balaban J connectivity index is 1.32. The predicted molar refractivity (Wildman–Crippen MR) is 120 cm³/mol. The van der Waals surface area contributed by atoms with Crippen LogP contribution in [0.25, 0.3) is 11.0 Å². The zero-order valence-corrected chi connectivity index (χ0v) is 18.0. The van der Waals surface area contributed by atoms with Crippen molar-refractivity contribution in [1.82, 2.24) is 20.2 Å². The number of aromatic amines is 1. The minimum Gasteiger partial charge on any atom is -0.352 e. The summed E-state index contributed by atoms with van der Waals surface area (Å²) in [5, 5.41) is 4.14. The average Bonchev–Trinajstić information content (AvgIpc) is 3.43. The number of halogens is 2. The van der Waals surface area contributed by atoms with Crippen LogP contribution >= 0.6 is 23.2 Å². The van der Waals surface area contributed by atoms with Crippen molar-refractivity contribution in [2.45, 2.75) is 31.8 Å². The lowest BCUT2D eigenvalue weighted by Crippen LogP contribution is -2.31. The third kappa shape index (κ3) is 3.44. The number of amidine groups is 1. The van der Waals surface area contributed by atoms with Crippen molar-refractivity contribution >= 4 is 46.0 Å². The first-order valence-electron chi connectivity index (χ1n) is 10.1. The number of carbonyl (C=O) groups is 1. The van der Waals surface area contributed by atoms with Gasteiger partial charge in [-0.3, -0.25) is 9.79 Å². The molecule has 0 aliphatic carbocycles. The normalized spacial score (nSPS) is 19.1. The van der Waals surface area contributed by atoms with Crippen LogP contribution in [0.3, 0.4) is 0 Å². The second kappa shape index (κ2) is 7.60. The number of benzene rings is 2. The maximum atomic E-state index is 12.8. The second-order valence-corrected chi connectivity index (χ2v) is 8.67. The maximum Gasteiger partial charge on any atom is 0.251 e. The van der Waals surface area contributed by atoms with E-state index in [4.69, 9.17) is 23.2 Å². The number of rotatable bonds is 4. The molecule has 30 heavy (non-hydrogen) atoms. The number of amides is 1. The Labute approximate surface area is 184 Å². The number of fused-ring (bicyclic) bond motifs is 2. The summed E-state index contributed by atoms with van der Waals surface area (Å²) < 4.78 is 0. The van der Waals surface area contributed by atoms with E-state index in [1.807, 2.05) is 19.1 Å². The van der Waals surface area contributed by atoms with Crippen LogP contribution in [0.1, 0.15) is 47.6 Å². The molecule has 154 valence electrons. The number of nitrogens with zero attached hydrogens (tertiary/aromatic N) is 3. The van der Waals surface area contributed by atoms with E-state index < -0.39 is 0 Å². The first-order valence-corrected chi connectivity index (χ1v) is 10.8. The van der Waals surface area contributed by atoms with Gasteiger partial charge in [-0.15, -0.1) is 0 Å². The number of aliphatic imine (C=N–C) groups is 1. The zero-order chi connectivity index (χ0) is 20.8. The molecule has 1 saturated heterocycles. The maximum absolute atomic E-state index is 12.8. The van der Waals surface area contributed by atoms with Gasteiger partial charge < -0.3 is 15.2 Å². The summed E-state index contributed by atoms with van der Waals surface area (Å²) in [6.45, 7) is 3.73. The number of aromatic nitrogens is 2. The Morgan fingerprint density at radius 1 is 1.27 bits per heavy atom. The molecule has 1 unspecified atom stereocenters. The van der Waals surface area contributed by atoms with Crippen molar-refractivity contribution < 1.29 is 4.79 Å². The fourth-order valence-electron chi connectivity index (χ4n) is 4.22. The van der Waals surface area contributed by atoms with Crippen LogP contribution in [0.4, 0.5) is 0 Å². The molecule has 5 rings (SSSR count). The molecule has 8 heteroatoms. The number of carbonyl (C=O) groups excluding carboxylic acids is 1. The van der Waals surface area contributed by atoms with Crippen LogP contribution in [0.15, 0.2) is 41.4 Å². The number of imidazole rings is 1. The summed E-state index contributed by atoms with van der Waals surface area (Å²) in [5.74, 6) is 1.41. The largest absolute Gasteiger partial charge is 0.352 e. The highest BCUT2D eigenvalue weighted by molar-refractivity contribution is 6.34. The molecule has 0 bridgehead atoms. The Kier molecular flexibility index (Phi) is 4.91. The lowest BCUT2D eigenvalue weighted by Gasteiger charge is -2.21. The van der Waals surface area contributed by atoms with Gasteiger partial charge in [-0.1, -0.05) is 23.2 Å². The van der Waals surface area contributed by atoms with E-state index in [0.717, 1.165) is 35.5 Å². The van der Waals surface area contributed by atoms with Crippen molar-refractivity contribution in [2.75, 3.05) is 13.1 Å². The summed E-state index contributed by atoms with van der Waals surface area (Å²) in [6.07, 6.45) is 2.37. The molecule has 3 aromatic rings. The molecule has 0 saturated carbocycles. The summed E-state index contributed by atoms with van der Waals surface area (Å²) in [4.78, 5) is 27.6. The summed E-state index contributed by atoms with van der Waals surface area (Å²) in [7, 11) is 0. The Morgan fingerprint density at radius 3 is 2.97 bits per heavy atom. The van der Waals surface area contributed by atoms with Crippen molar-refractivity contribution in [3.05, 3.63) is 63.4 Å². The molecule has 6 nitrogen and oxygen atoms in total. The third-order valence-electron chi connectivity index (χ3n) is 5.79. The lowest BCUT2D eigenvalue weighted by atomic mass is 10.1. The molecule has 1 fully saturated rings. The van der Waals surface area contributed by atoms with Gasteiger partial charge in [-0.05, 0) is 56.2 Å². The van der Waals surface area contributed by atoms with Crippen LogP contribution in [0.2, 0.25) is 10.0 Å². The van der Waals surface area contributed by atoms with E-state index in [1.54, 1.807) is 24.3 Å². The van der Waals surface area contributed by atoms with Gasteiger partial charge in [0, 0.05) is 22.7 Å². The van der Waals surface area contributed by atoms with E-state index in [0.29, 0.717) is 27.5 Å². The molecule has 2 N–H and O–H groups in total. The van der Waals surface area contributed by atoms with Gasteiger partial charge in [0.15, 0.2) is 0 Å². The zero-order valence-electron chi connectivity index (χ0n) is 16.5. The standard InChI is InChI=1S/C22H21Cl2N5O/c1-12(20-27-18-7-5-14(23)10-19(18)28-20)26-22(30)13-4-6-16(17(24)9-13)21-25-11-15-3-2-8-29(15)21/h4-7,9-10,12,15H,2-3,8,11H2,1H3,(H,26,30)(H,27,28)/t12-,15?/m0/s1. The fraction of sp³-hybridized carbons (Fsp3) is 0.318. The molecule has 0 radical (unpaired) electrons. The fourth-order valence-corrected chi connectivity index (χ4v) is 4.65. The number of hydrogen-bond acceptors (Lipinski definition) is 4. The highest BCUT2D eigenvalue weighted by Gasteiger charge is 2.33. The van der Waals surface area contributed by atoms with Crippen LogP contribution in [0, 0.1) is 0 Å². The molecule has 2 aliphatic rings. The molecular weight excluding hydrogens is 421 g/mol. The predicted octanol–water partition coefficient (Wildman–Crippen LogP) is 4.59. The Bertz CT molecular complexity index is 1170. The Morgan fingerprint density at radius 2 is 2.13 bits per heavy atom. The Hall–Kier alpha value is -2.57. The number of H-pyrrole nitrogens is 1. The molecule has 2 aliphatic heterocycles. The van der Waals surface area contributed by atoms with E-state index in [1.165, 1.54) is 12.8 Å².